The van der Waals surface area contributed by atoms with E-state index in [9.17, 15) is 8.42 Å². The highest BCUT2D eigenvalue weighted by Gasteiger charge is 2.24. The van der Waals surface area contributed by atoms with E-state index in [2.05, 4.69) is 19.6 Å². The van der Waals surface area contributed by atoms with Crippen molar-refractivity contribution in [3.05, 3.63) is 48.2 Å². The molecule has 1 aliphatic rings. The molecule has 4 rings (SSSR count). The summed E-state index contributed by atoms with van der Waals surface area (Å²) in [7, 11) is 0.824. The molecule has 1 aliphatic heterocycles. The second-order valence-corrected chi connectivity index (χ2v) is 9.92. The topological polar surface area (TPSA) is 92.1 Å². The first kappa shape index (κ1) is 21.7. The monoisotopic (exact) mass is 444 g/mol. The van der Waals surface area contributed by atoms with Crippen molar-refractivity contribution in [1.29, 1.82) is 0 Å². The Labute approximate surface area is 182 Å². The van der Waals surface area contributed by atoms with Crippen LogP contribution in [0.4, 0.5) is 5.82 Å². The van der Waals surface area contributed by atoms with Crippen LogP contribution >= 0.6 is 0 Å². The molecule has 1 saturated heterocycles. The van der Waals surface area contributed by atoms with Crippen LogP contribution < -0.4 is 9.62 Å². The molecule has 0 radical (unpaired) electrons. The Bertz CT molecular complexity index is 1160. The Hall–Kier alpha value is -2.53. The summed E-state index contributed by atoms with van der Waals surface area (Å²) in [6, 6.07) is 11.6. The Balaban J connectivity index is 1.66. The predicted molar refractivity (Wildman–Crippen MR) is 121 cm³/mol. The number of rotatable bonds is 7. The lowest BCUT2D eigenvalue weighted by atomic mass is 10.1. The maximum atomic E-state index is 11.4. The van der Waals surface area contributed by atoms with Gasteiger partial charge in [-0.3, -0.25) is 0 Å². The second kappa shape index (κ2) is 8.91. The molecule has 1 fully saturated rings. The Morgan fingerprint density at radius 3 is 2.87 bits per heavy atom. The first-order valence-corrected chi connectivity index (χ1v) is 12.1. The zero-order chi connectivity index (χ0) is 22.0. The van der Waals surface area contributed by atoms with Crippen LogP contribution in [0.15, 0.2) is 42.6 Å². The van der Waals surface area contributed by atoms with Crippen molar-refractivity contribution in [3.63, 3.8) is 0 Å². The summed E-state index contributed by atoms with van der Waals surface area (Å²) in [5, 5.41) is 4.68. The summed E-state index contributed by atoms with van der Waals surface area (Å²) in [6.07, 6.45) is 3.18. The molecule has 1 N–H and O–H groups in total. The summed E-state index contributed by atoms with van der Waals surface area (Å²) in [4.78, 5) is 9.30. The average molecular weight is 445 g/mol. The molecule has 3 aromatic rings. The number of aromatic nitrogens is 3. The van der Waals surface area contributed by atoms with Crippen molar-refractivity contribution < 1.29 is 13.2 Å². The van der Waals surface area contributed by atoms with Gasteiger partial charge in [0, 0.05) is 37.9 Å². The minimum absolute atomic E-state index is 0.113. The molecule has 31 heavy (non-hydrogen) atoms. The zero-order valence-corrected chi connectivity index (χ0v) is 18.8. The van der Waals surface area contributed by atoms with Crippen molar-refractivity contribution in [2.24, 2.45) is 0 Å². The number of sulfonamides is 1. The lowest BCUT2D eigenvalue weighted by molar-refractivity contribution is 0.0246. The third kappa shape index (κ3) is 5.40. The summed E-state index contributed by atoms with van der Waals surface area (Å²) in [6.45, 7) is 3.24. The van der Waals surface area contributed by atoms with Crippen LogP contribution in [0.2, 0.25) is 0 Å². The van der Waals surface area contributed by atoms with Gasteiger partial charge in [-0.2, -0.15) is 0 Å². The van der Waals surface area contributed by atoms with Gasteiger partial charge in [0.2, 0.25) is 10.0 Å². The molecule has 0 spiro atoms. The van der Waals surface area contributed by atoms with E-state index >= 15 is 0 Å². The second-order valence-electron chi connectivity index (χ2n) is 8.09. The number of anilines is 1. The van der Waals surface area contributed by atoms with E-state index in [4.69, 9.17) is 9.72 Å². The average Bonchev–Trinajstić information content (AvgIpc) is 3.20. The fourth-order valence-corrected chi connectivity index (χ4v) is 4.17. The number of benzene rings is 1. The Kier molecular flexibility index (Phi) is 6.24. The number of hydrogen-bond acceptors (Lipinski definition) is 7. The molecular weight excluding hydrogens is 416 g/mol. The first-order chi connectivity index (χ1) is 14.8. The van der Waals surface area contributed by atoms with E-state index in [1.807, 2.05) is 61.2 Å². The van der Waals surface area contributed by atoms with Gasteiger partial charge in [0.1, 0.15) is 5.52 Å². The van der Waals surface area contributed by atoms with Gasteiger partial charge < -0.3 is 14.5 Å². The third-order valence-corrected chi connectivity index (χ3v) is 5.77. The molecular formula is C21H28N6O3S. The van der Waals surface area contributed by atoms with Gasteiger partial charge in [-0.1, -0.05) is 18.2 Å². The molecule has 166 valence electrons. The highest BCUT2D eigenvalue weighted by Crippen LogP contribution is 2.26. The number of fused-ring (bicyclic) bond motifs is 1. The van der Waals surface area contributed by atoms with E-state index < -0.39 is 10.0 Å². The molecule has 0 bridgehead atoms. The molecule has 0 amide bonds. The van der Waals surface area contributed by atoms with Gasteiger partial charge in [-0.05, 0) is 37.9 Å². The number of likely N-dealkylation sites (N-methyl/N-ethyl adjacent to an activating group) is 1. The molecule has 10 heteroatoms. The maximum absolute atomic E-state index is 11.4. The molecule has 0 saturated carbocycles. The summed E-state index contributed by atoms with van der Waals surface area (Å²) in [5.74, 6) is 1.47. The number of morpholine rings is 1. The number of nitrogens with zero attached hydrogens (tertiary/aromatic N) is 5. The van der Waals surface area contributed by atoms with E-state index in [1.54, 1.807) is 0 Å². The number of hydrogen-bond donors (Lipinski definition) is 1. The van der Waals surface area contributed by atoms with Gasteiger partial charge in [0.05, 0.1) is 19.0 Å². The van der Waals surface area contributed by atoms with Crippen LogP contribution in [0.5, 0.6) is 0 Å². The molecule has 1 unspecified atom stereocenters. The zero-order valence-electron chi connectivity index (χ0n) is 18.0. The lowest BCUT2D eigenvalue weighted by Crippen LogP contribution is -2.47. The Morgan fingerprint density at radius 1 is 1.26 bits per heavy atom. The summed E-state index contributed by atoms with van der Waals surface area (Å²) in [5.41, 5.74) is 2.63. The SMILES string of the molecule is CN(C)CC1CN(c2nc(-c3cccc(CNS(C)(=O)=O)c3)nn3cccc23)CCO1. The van der Waals surface area contributed by atoms with E-state index in [0.717, 1.165) is 48.4 Å². The third-order valence-electron chi connectivity index (χ3n) is 5.10. The molecule has 9 nitrogen and oxygen atoms in total. The van der Waals surface area contributed by atoms with Gasteiger partial charge in [-0.25, -0.2) is 22.6 Å². The largest absolute Gasteiger partial charge is 0.373 e. The van der Waals surface area contributed by atoms with Gasteiger partial charge in [-0.15, -0.1) is 5.10 Å². The maximum Gasteiger partial charge on any atom is 0.209 e. The fourth-order valence-electron chi connectivity index (χ4n) is 3.74. The van der Waals surface area contributed by atoms with Crippen molar-refractivity contribution in [1.82, 2.24) is 24.2 Å². The van der Waals surface area contributed by atoms with Crippen LogP contribution in [0.25, 0.3) is 16.9 Å². The molecule has 3 heterocycles. The summed E-state index contributed by atoms with van der Waals surface area (Å²) < 4.78 is 33.2. The number of nitrogens with one attached hydrogen (secondary N) is 1. The van der Waals surface area contributed by atoms with Crippen LogP contribution in [-0.4, -0.2) is 80.6 Å². The molecule has 0 aliphatic carbocycles. The van der Waals surface area contributed by atoms with E-state index in [-0.39, 0.29) is 12.6 Å². The standard InChI is InChI=1S/C21H28N6O3S/c1-25(2)14-18-15-26(10-11-30-18)21-19-8-5-9-27(19)24-20(23-21)17-7-4-6-16(12-17)13-22-31(3,28)29/h4-9,12,18,22H,10-11,13-15H2,1-3H3. The van der Waals surface area contributed by atoms with Crippen molar-refractivity contribution in [2.75, 3.05) is 51.5 Å². The van der Waals surface area contributed by atoms with Gasteiger partial charge >= 0.3 is 0 Å². The minimum Gasteiger partial charge on any atom is -0.373 e. The van der Waals surface area contributed by atoms with E-state index in [0.29, 0.717) is 12.4 Å². The first-order valence-electron chi connectivity index (χ1n) is 10.2. The minimum atomic E-state index is -3.26. The van der Waals surface area contributed by atoms with Crippen LogP contribution in [0.1, 0.15) is 5.56 Å². The lowest BCUT2D eigenvalue weighted by Gasteiger charge is -2.35. The highest BCUT2D eigenvalue weighted by atomic mass is 32.2. The molecule has 2 aromatic heterocycles. The fraction of sp³-hybridized carbons (Fsp3) is 0.429. The van der Waals surface area contributed by atoms with Crippen LogP contribution in [-0.2, 0) is 21.3 Å². The van der Waals surface area contributed by atoms with E-state index in [1.165, 1.54) is 0 Å². The van der Waals surface area contributed by atoms with Gasteiger partial charge in [0.25, 0.3) is 0 Å². The normalized spacial score (nSPS) is 17.5. The Morgan fingerprint density at radius 2 is 2.10 bits per heavy atom. The smallest absolute Gasteiger partial charge is 0.209 e. The van der Waals surface area contributed by atoms with Crippen molar-refractivity contribution in [3.8, 4) is 11.4 Å². The molecule has 1 aromatic carbocycles. The van der Waals surface area contributed by atoms with Crippen LogP contribution in [0.3, 0.4) is 0 Å². The van der Waals surface area contributed by atoms with Crippen molar-refractivity contribution >= 4 is 21.4 Å². The van der Waals surface area contributed by atoms with Gasteiger partial charge in [0.15, 0.2) is 11.6 Å². The number of ether oxygens (including phenoxy) is 1. The molecule has 1 atom stereocenters. The van der Waals surface area contributed by atoms with Crippen LogP contribution in [0, 0.1) is 0 Å². The van der Waals surface area contributed by atoms with Crippen molar-refractivity contribution in [2.45, 2.75) is 12.6 Å². The predicted octanol–water partition coefficient (Wildman–Crippen LogP) is 1.21. The quantitative estimate of drug-likeness (QED) is 0.586. The summed E-state index contributed by atoms with van der Waals surface area (Å²) >= 11 is 0. The highest BCUT2D eigenvalue weighted by molar-refractivity contribution is 7.88.